The molecule has 0 radical (unpaired) electrons. The van der Waals surface area contributed by atoms with Crippen LogP contribution in [0.5, 0.6) is 5.75 Å². The largest absolute Gasteiger partial charge is 0.497 e. The standard InChI is InChI=1S/C20H24N4O3/c1-27-15-10-8-13(9-11-15)5-4-12-24-18-16(19(25)23-20(24)26)21-17(22-18)14-6-2-3-7-14/h8-11,14H,2-7,12H2,1H3,(H,21,22)(H,23,25,26). The summed E-state index contributed by atoms with van der Waals surface area (Å²) in [6.07, 6.45) is 6.15. The first kappa shape index (κ1) is 17.6. The highest BCUT2D eigenvalue weighted by atomic mass is 16.5. The quantitative estimate of drug-likeness (QED) is 0.700. The zero-order chi connectivity index (χ0) is 18.8. The molecular weight excluding hydrogens is 344 g/mol. The Bertz CT molecular complexity index is 1040. The van der Waals surface area contributed by atoms with Gasteiger partial charge in [-0.3, -0.25) is 14.3 Å². The fourth-order valence-corrected chi connectivity index (χ4v) is 3.89. The van der Waals surface area contributed by atoms with Gasteiger partial charge in [0.15, 0.2) is 5.65 Å². The van der Waals surface area contributed by atoms with E-state index in [1.54, 1.807) is 11.7 Å². The van der Waals surface area contributed by atoms with Crippen molar-refractivity contribution < 1.29 is 4.74 Å². The van der Waals surface area contributed by atoms with Crippen molar-refractivity contribution in [1.29, 1.82) is 0 Å². The monoisotopic (exact) mass is 368 g/mol. The summed E-state index contributed by atoms with van der Waals surface area (Å²) in [5.74, 6) is 2.02. The van der Waals surface area contributed by atoms with E-state index in [1.807, 2.05) is 24.3 Å². The summed E-state index contributed by atoms with van der Waals surface area (Å²) < 4.78 is 6.75. The number of hydrogen-bond acceptors (Lipinski definition) is 4. The van der Waals surface area contributed by atoms with Gasteiger partial charge < -0.3 is 9.72 Å². The fraction of sp³-hybridized carbons (Fsp3) is 0.450. The summed E-state index contributed by atoms with van der Waals surface area (Å²) in [6, 6.07) is 7.91. The molecule has 1 fully saturated rings. The Kier molecular flexibility index (Phi) is 4.83. The molecule has 1 aromatic carbocycles. The van der Waals surface area contributed by atoms with Crippen molar-refractivity contribution >= 4 is 11.2 Å². The molecular formula is C20H24N4O3. The lowest BCUT2D eigenvalue weighted by Gasteiger charge is -2.07. The van der Waals surface area contributed by atoms with E-state index >= 15 is 0 Å². The number of imidazole rings is 1. The number of aryl methyl sites for hydroxylation is 2. The molecule has 1 saturated carbocycles. The van der Waals surface area contributed by atoms with Gasteiger partial charge in [0.1, 0.15) is 17.1 Å². The summed E-state index contributed by atoms with van der Waals surface area (Å²) in [4.78, 5) is 34.7. The van der Waals surface area contributed by atoms with Gasteiger partial charge in [0.2, 0.25) is 0 Å². The topological polar surface area (TPSA) is 92.8 Å². The minimum atomic E-state index is -0.397. The second kappa shape index (κ2) is 7.42. The number of ether oxygens (including phenoxy) is 1. The van der Waals surface area contributed by atoms with E-state index in [1.165, 1.54) is 18.4 Å². The molecule has 4 rings (SSSR count). The van der Waals surface area contributed by atoms with E-state index in [4.69, 9.17) is 4.74 Å². The van der Waals surface area contributed by atoms with Crippen LogP contribution in [0, 0.1) is 0 Å². The lowest BCUT2D eigenvalue weighted by atomic mass is 10.1. The third kappa shape index (κ3) is 3.54. The molecule has 3 aromatic rings. The predicted molar refractivity (Wildman–Crippen MR) is 103 cm³/mol. The number of fused-ring (bicyclic) bond motifs is 1. The normalized spacial score (nSPS) is 14.9. The van der Waals surface area contributed by atoms with Gasteiger partial charge in [0, 0.05) is 12.5 Å². The number of rotatable bonds is 6. The third-order valence-corrected chi connectivity index (χ3v) is 5.40. The highest BCUT2D eigenvalue weighted by molar-refractivity contribution is 5.69. The van der Waals surface area contributed by atoms with Gasteiger partial charge in [-0.25, -0.2) is 9.78 Å². The first-order valence-electron chi connectivity index (χ1n) is 9.51. The van der Waals surface area contributed by atoms with Gasteiger partial charge in [-0.05, 0) is 43.4 Å². The number of nitrogens with zero attached hydrogens (tertiary/aromatic N) is 2. The number of benzene rings is 1. The Morgan fingerprint density at radius 1 is 1.15 bits per heavy atom. The number of methoxy groups -OCH3 is 1. The van der Waals surface area contributed by atoms with Crippen LogP contribution in [0.3, 0.4) is 0 Å². The SMILES string of the molecule is COc1ccc(CCCn2c(=O)[nH]c(=O)c3[nH]c(C4CCCC4)nc32)cc1. The number of aromatic nitrogens is 4. The minimum Gasteiger partial charge on any atom is -0.497 e. The van der Waals surface area contributed by atoms with Crippen LogP contribution in [0.25, 0.3) is 11.2 Å². The molecule has 0 aliphatic heterocycles. The lowest BCUT2D eigenvalue weighted by molar-refractivity contribution is 0.414. The second-order valence-corrected chi connectivity index (χ2v) is 7.16. The number of H-pyrrole nitrogens is 2. The van der Waals surface area contributed by atoms with Crippen molar-refractivity contribution in [2.75, 3.05) is 7.11 Å². The van der Waals surface area contributed by atoms with Crippen molar-refractivity contribution in [1.82, 2.24) is 19.5 Å². The Morgan fingerprint density at radius 3 is 2.59 bits per heavy atom. The van der Waals surface area contributed by atoms with Gasteiger partial charge >= 0.3 is 5.69 Å². The van der Waals surface area contributed by atoms with Gasteiger partial charge in [-0.2, -0.15) is 0 Å². The Labute approximate surface area is 156 Å². The van der Waals surface area contributed by atoms with E-state index in [-0.39, 0.29) is 0 Å². The smallest absolute Gasteiger partial charge is 0.330 e. The van der Waals surface area contributed by atoms with Gasteiger partial charge in [0.05, 0.1) is 7.11 Å². The van der Waals surface area contributed by atoms with Crippen molar-refractivity contribution in [3.8, 4) is 5.75 Å². The molecule has 0 atom stereocenters. The van der Waals surface area contributed by atoms with Crippen LogP contribution in [0.1, 0.15) is 49.4 Å². The maximum atomic E-state index is 12.3. The number of hydrogen-bond donors (Lipinski definition) is 2. The Balaban J connectivity index is 1.56. The molecule has 1 aliphatic rings. The summed E-state index contributed by atoms with van der Waals surface area (Å²) in [5, 5.41) is 0. The highest BCUT2D eigenvalue weighted by Crippen LogP contribution is 2.32. The first-order chi connectivity index (χ1) is 13.2. The van der Waals surface area contributed by atoms with E-state index in [2.05, 4.69) is 15.0 Å². The van der Waals surface area contributed by atoms with Crippen LogP contribution in [0.15, 0.2) is 33.9 Å². The molecule has 27 heavy (non-hydrogen) atoms. The Hall–Kier alpha value is -2.83. The molecule has 1 aliphatic carbocycles. The van der Waals surface area contributed by atoms with Crippen LogP contribution in [-0.4, -0.2) is 26.6 Å². The number of aromatic amines is 2. The molecule has 142 valence electrons. The average molecular weight is 368 g/mol. The molecule has 2 heterocycles. The maximum absolute atomic E-state index is 12.3. The van der Waals surface area contributed by atoms with Gasteiger partial charge in [-0.15, -0.1) is 0 Å². The predicted octanol–water partition coefficient (Wildman–Crippen LogP) is 2.71. The highest BCUT2D eigenvalue weighted by Gasteiger charge is 2.22. The molecule has 0 saturated heterocycles. The van der Waals surface area contributed by atoms with E-state index < -0.39 is 11.2 Å². The van der Waals surface area contributed by atoms with E-state index in [0.29, 0.717) is 23.6 Å². The van der Waals surface area contributed by atoms with Crippen LogP contribution in [0.2, 0.25) is 0 Å². The molecule has 2 N–H and O–H groups in total. The number of nitrogens with one attached hydrogen (secondary N) is 2. The second-order valence-electron chi connectivity index (χ2n) is 7.16. The fourth-order valence-electron chi connectivity index (χ4n) is 3.89. The molecule has 0 amide bonds. The van der Waals surface area contributed by atoms with E-state index in [0.717, 1.165) is 37.3 Å². The van der Waals surface area contributed by atoms with Crippen molar-refractivity contribution in [2.24, 2.45) is 0 Å². The van der Waals surface area contributed by atoms with Crippen LogP contribution < -0.4 is 16.0 Å². The maximum Gasteiger partial charge on any atom is 0.330 e. The van der Waals surface area contributed by atoms with E-state index in [9.17, 15) is 9.59 Å². The lowest BCUT2D eigenvalue weighted by Crippen LogP contribution is -2.30. The summed E-state index contributed by atoms with van der Waals surface area (Å²) in [6.45, 7) is 0.507. The molecule has 0 unspecified atom stereocenters. The molecule has 2 aromatic heterocycles. The zero-order valence-electron chi connectivity index (χ0n) is 15.5. The average Bonchev–Trinajstić information content (AvgIpc) is 3.34. The molecule has 0 spiro atoms. The molecule has 7 nitrogen and oxygen atoms in total. The summed E-state index contributed by atoms with van der Waals surface area (Å²) in [5.41, 5.74) is 1.27. The third-order valence-electron chi connectivity index (χ3n) is 5.40. The first-order valence-corrected chi connectivity index (χ1v) is 9.51. The molecule has 7 heteroatoms. The van der Waals surface area contributed by atoms with Crippen molar-refractivity contribution in [3.05, 3.63) is 56.5 Å². The van der Waals surface area contributed by atoms with Gasteiger partial charge in [-0.1, -0.05) is 25.0 Å². The zero-order valence-corrected chi connectivity index (χ0v) is 15.5. The van der Waals surface area contributed by atoms with Gasteiger partial charge in [0.25, 0.3) is 5.56 Å². The minimum absolute atomic E-state index is 0.361. The summed E-state index contributed by atoms with van der Waals surface area (Å²) in [7, 11) is 1.65. The van der Waals surface area contributed by atoms with Crippen LogP contribution in [0.4, 0.5) is 0 Å². The Morgan fingerprint density at radius 2 is 1.89 bits per heavy atom. The summed E-state index contributed by atoms with van der Waals surface area (Å²) >= 11 is 0. The van der Waals surface area contributed by atoms with Crippen LogP contribution >= 0.6 is 0 Å². The van der Waals surface area contributed by atoms with Crippen molar-refractivity contribution in [2.45, 2.75) is 51.0 Å². The van der Waals surface area contributed by atoms with Crippen LogP contribution in [-0.2, 0) is 13.0 Å². The van der Waals surface area contributed by atoms with Crippen molar-refractivity contribution in [3.63, 3.8) is 0 Å². The molecule has 0 bridgehead atoms.